The summed E-state index contributed by atoms with van der Waals surface area (Å²) in [5.74, 6) is 0.285. The van der Waals surface area contributed by atoms with Gasteiger partial charge in [0.15, 0.2) is 0 Å². The van der Waals surface area contributed by atoms with Crippen molar-refractivity contribution in [2.75, 3.05) is 0 Å². The van der Waals surface area contributed by atoms with Crippen LogP contribution in [-0.4, -0.2) is 4.98 Å². The Bertz CT molecular complexity index is 3350. The Balaban J connectivity index is 0.977. The van der Waals surface area contributed by atoms with Crippen LogP contribution >= 0.6 is 0 Å². The monoisotopic (exact) mass is 803 g/mol. The minimum absolute atomic E-state index is 0.0161. The first-order chi connectivity index (χ1) is 31.2. The number of para-hydroxylation sites is 1. The van der Waals surface area contributed by atoms with Crippen molar-refractivity contribution in [3.63, 3.8) is 0 Å². The SMILES string of the molecule is C1=CCC([C@@]2(c3ccccc3)c3ccccc3-c3ccc(C(c4ccc(-c5ccccc5)cc4)c4ccc(-c5cccc(-c6ccc7[nH]c8ccccc8c7c6)c5)cc4)cc32)C=C1. The molecule has 2 aliphatic rings. The van der Waals surface area contributed by atoms with Crippen LogP contribution in [0.25, 0.3) is 66.3 Å². The first-order valence-electron chi connectivity index (χ1n) is 22.2. The molecule has 9 aromatic carbocycles. The van der Waals surface area contributed by atoms with Crippen molar-refractivity contribution in [1.82, 2.24) is 4.98 Å². The maximum Gasteiger partial charge on any atom is 0.0529 e. The van der Waals surface area contributed by atoms with E-state index in [1.165, 1.54) is 94.2 Å². The number of allylic oxidation sites excluding steroid dienone is 4. The van der Waals surface area contributed by atoms with Crippen LogP contribution in [0.3, 0.4) is 0 Å². The largest absolute Gasteiger partial charge is 0.355 e. The van der Waals surface area contributed by atoms with E-state index in [9.17, 15) is 0 Å². The van der Waals surface area contributed by atoms with Gasteiger partial charge in [0, 0.05) is 27.7 Å². The van der Waals surface area contributed by atoms with Gasteiger partial charge in [0.2, 0.25) is 0 Å². The van der Waals surface area contributed by atoms with Gasteiger partial charge < -0.3 is 4.98 Å². The molecular weight excluding hydrogens is 759 g/mol. The Morgan fingerprint density at radius 2 is 0.968 bits per heavy atom. The second kappa shape index (κ2) is 15.3. The smallest absolute Gasteiger partial charge is 0.0529 e. The van der Waals surface area contributed by atoms with Crippen molar-refractivity contribution in [2.45, 2.75) is 17.8 Å². The number of aromatic nitrogens is 1. The summed E-state index contributed by atoms with van der Waals surface area (Å²) < 4.78 is 0. The zero-order chi connectivity index (χ0) is 41.7. The lowest BCUT2D eigenvalue weighted by molar-refractivity contribution is 0.457. The molecule has 12 rings (SSSR count). The van der Waals surface area contributed by atoms with Gasteiger partial charge >= 0.3 is 0 Å². The van der Waals surface area contributed by atoms with Gasteiger partial charge in [0.25, 0.3) is 0 Å². The maximum atomic E-state index is 3.58. The van der Waals surface area contributed by atoms with E-state index < -0.39 is 0 Å². The summed E-state index contributed by atoms with van der Waals surface area (Å²) in [6.07, 6.45) is 10.2. The first-order valence-corrected chi connectivity index (χ1v) is 22.2. The van der Waals surface area contributed by atoms with Gasteiger partial charge in [-0.3, -0.25) is 0 Å². The Labute approximate surface area is 369 Å². The Kier molecular flexibility index (Phi) is 9.01. The molecular formula is C62H45N. The second-order valence-corrected chi connectivity index (χ2v) is 17.2. The molecule has 2 unspecified atom stereocenters. The molecule has 10 aromatic rings. The fraction of sp³-hybridized carbons (Fsp3) is 0.0645. The number of aromatic amines is 1. The summed E-state index contributed by atoms with van der Waals surface area (Å²) >= 11 is 0. The third kappa shape index (κ3) is 6.23. The van der Waals surface area contributed by atoms with Gasteiger partial charge in [-0.2, -0.15) is 0 Å². The van der Waals surface area contributed by atoms with Crippen molar-refractivity contribution in [3.05, 3.63) is 276 Å². The number of hydrogen-bond donors (Lipinski definition) is 1. The van der Waals surface area contributed by atoms with Crippen LogP contribution < -0.4 is 0 Å². The van der Waals surface area contributed by atoms with E-state index in [0.717, 1.165) is 11.9 Å². The molecule has 298 valence electrons. The lowest BCUT2D eigenvalue weighted by atomic mass is 9.62. The van der Waals surface area contributed by atoms with E-state index in [0.29, 0.717) is 0 Å². The minimum atomic E-state index is -0.334. The highest BCUT2D eigenvalue weighted by Crippen LogP contribution is 2.58. The minimum Gasteiger partial charge on any atom is -0.355 e. The first kappa shape index (κ1) is 37.1. The molecule has 0 aliphatic heterocycles. The predicted octanol–water partition coefficient (Wildman–Crippen LogP) is 15.9. The van der Waals surface area contributed by atoms with E-state index in [1.54, 1.807) is 0 Å². The van der Waals surface area contributed by atoms with Crippen molar-refractivity contribution < 1.29 is 0 Å². The standard InChI is InChI=1S/C62H45N/c1-4-15-42(16-5-1)43-27-31-45(32-28-43)61(46-33-29-44(30-34-46)47-17-14-18-48(39-47)49-36-38-60-56(40-49)55-24-11-13-26-59(55)63-60)50-35-37-54-53-23-10-12-25-57(53)62(58(54)41-50,51-19-6-2-7-20-51)52-21-8-3-9-22-52/h1-21,23-41,52,61,63H,22H2/t52?,61?,62-/m0/s1. The van der Waals surface area contributed by atoms with Crippen molar-refractivity contribution in [2.24, 2.45) is 5.92 Å². The van der Waals surface area contributed by atoms with Gasteiger partial charge in [-0.1, -0.05) is 218 Å². The Hall–Kier alpha value is -7.74. The molecule has 1 heterocycles. The number of benzene rings is 9. The van der Waals surface area contributed by atoms with Crippen LogP contribution in [0.5, 0.6) is 0 Å². The van der Waals surface area contributed by atoms with Crippen LogP contribution in [0.1, 0.15) is 45.7 Å². The fourth-order valence-electron chi connectivity index (χ4n) is 10.9. The van der Waals surface area contributed by atoms with Crippen LogP contribution in [0, 0.1) is 5.92 Å². The molecule has 3 atom stereocenters. The molecule has 1 nitrogen and oxygen atoms in total. The molecule has 2 aliphatic carbocycles. The van der Waals surface area contributed by atoms with E-state index in [2.05, 4.69) is 248 Å². The number of hydrogen-bond acceptors (Lipinski definition) is 0. The predicted molar refractivity (Wildman–Crippen MR) is 264 cm³/mol. The van der Waals surface area contributed by atoms with Gasteiger partial charge in [-0.05, 0) is 114 Å². The molecule has 63 heavy (non-hydrogen) atoms. The lowest BCUT2D eigenvalue weighted by Crippen LogP contribution is -2.35. The molecule has 0 fully saturated rings. The fourth-order valence-corrected chi connectivity index (χ4v) is 10.9. The van der Waals surface area contributed by atoms with Crippen LogP contribution in [-0.2, 0) is 5.41 Å². The maximum absolute atomic E-state index is 3.58. The average Bonchev–Trinajstić information content (AvgIpc) is 3.89. The summed E-state index contributed by atoms with van der Waals surface area (Å²) in [4.78, 5) is 3.58. The summed E-state index contributed by atoms with van der Waals surface area (Å²) in [5, 5.41) is 2.51. The lowest BCUT2D eigenvalue weighted by Gasteiger charge is -2.40. The third-order valence-electron chi connectivity index (χ3n) is 13.8. The molecule has 0 spiro atoms. The summed E-state index contributed by atoms with van der Waals surface area (Å²) in [7, 11) is 0. The van der Waals surface area contributed by atoms with E-state index in [1.807, 2.05) is 0 Å². The molecule has 0 saturated heterocycles. The van der Waals surface area contributed by atoms with Crippen molar-refractivity contribution >= 4 is 21.8 Å². The number of fused-ring (bicyclic) bond motifs is 6. The molecule has 0 saturated carbocycles. The zero-order valence-corrected chi connectivity index (χ0v) is 35.0. The molecule has 1 N–H and O–H groups in total. The number of nitrogens with one attached hydrogen (secondary N) is 1. The van der Waals surface area contributed by atoms with Gasteiger partial charge in [-0.15, -0.1) is 0 Å². The van der Waals surface area contributed by atoms with Crippen LogP contribution in [0.4, 0.5) is 0 Å². The molecule has 1 heteroatoms. The van der Waals surface area contributed by atoms with Crippen LogP contribution in [0.15, 0.2) is 243 Å². The molecule has 0 radical (unpaired) electrons. The Morgan fingerprint density at radius 1 is 0.397 bits per heavy atom. The van der Waals surface area contributed by atoms with Crippen molar-refractivity contribution in [1.29, 1.82) is 0 Å². The Morgan fingerprint density at radius 3 is 1.73 bits per heavy atom. The van der Waals surface area contributed by atoms with Gasteiger partial charge in [-0.25, -0.2) is 0 Å². The van der Waals surface area contributed by atoms with Crippen molar-refractivity contribution in [3.8, 4) is 44.5 Å². The highest BCUT2D eigenvalue weighted by atomic mass is 14.7. The molecule has 0 bridgehead atoms. The van der Waals surface area contributed by atoms with E-state index >= 15 is 0 Å². The highest BCUT2D eigenvalue weighted by molar-refractivity contribution is 6.08. The number of H-pyrrole nitrogens is 1. The zero-order valence-electron chi connectivity index (χ0n) is 35.0. The normalized spacial score (nSPS) is 16.9. The quantitative estimate of drug-likeness (QED) is 0.147. The van der Waals surface area contributed by atoms with Gasteiger partial charge in [0.05, 0.1) is 5.41 Å². The van der Waals surface area contributed by atoms with Gasteiger partial charge in [0.1, 0.15) is 0 Å². The van der Waals surface area contributed by atoms with E-state index in [-0.39, 0.29) is 17.3 Å². The summed E-state index contributed by atoms with van der Waals surface area (Å²) in [6.45, 7) is 0. The second-order valence-electron chi connectivity index (χ2n) is 17.2. The van der Waals surface area contributed by atoms with E-state index in [4.69, 9.17) is 0 Å². The molecule has 0 amide bonds. The average molecular weight is 804 g/mol. The summed E-state index contributed by atoms with van der Waals surface area (Å²) in [5.41, 5.74) is 19.9. The third-order valence-corrected chi connectivity index (χ3v) is 13.8. The molecule has 1 aromatic heterocycles. The number of rotatable bonds is 8. The highest BCUT2D eigenvalue weighted by Gasteiger charge is 2.49. The van der Waals surface area contributed by atoms with Crippen LogP contribution in [0.2, 0.25) is 0 Å². The summed E-state index contributed by atoms with van der Waals surface area (Å²) in [6, 6.07) is 81.4. The topological polar surface area (TPSA) is 15.8 Å².